The minimum absolute atomic E-state index is 0.0974. The van der Waals surface area contributed by atoms with Crippen LogP contribution in [0.1, 0.15) is 49.9 Å². The standard InChI is InChI=1S/C20H32N4O2/c1-14-10-17(22-21-14)11-16-12-24(13-19(16)25)20(26)15-6-8-23(9-7-15)18-4-2-3-5-18/h10,15-16,18-19,25H,2-9,11-13H2,1H3,(H,21,22)/t16-,19-/m1/s1. The molecule has 2 N–H and O–H groups in total. The number of aliphatic hydroxyl groups excluding tert-OH is 1. The third kappa shape index (κ3) is 3.81. The lowest BCUT2D eigenvalue weighted by molar-refractivity contribution is -0.136. The molecule has 0 unspecified atom stereocenters. The first-order chi connectivity index (χ1) is 12.6. The number of aliphatic hydroxyl groups is 1. The molecule has 1 aromatic rings. The van der Waals surface area contributed by atoms with E-state index < -0.39 is 6.10 Å². The summed E-state index contributed by atoms with van der Waals surface area (Å²) in [6.07, 6.45) is 7.66. The Morgan fingerprint density at radius 2 is 1.96 bits per heavy atom. The van der Waals surface area contributed by atoms with E-state index in [0.29, 0.717) is 13.1 Å². The number of aryl methyl sites for hydroxylation is 1. The van der Waals surface area contributed by atoms with E-state index in [0.717, 1.165) is 49.8 Å². The minimum Gasteiger partial charge on any atom is -0.391 e. The van der Waals surface area contributed by atoms with Crippen LogP contribution in [0.3, 0.4) is 0 Å². The average molecular weight is 361 g/mol. The van der Waals surface area contributed by atoms with Crippen molar-refractivity contribution in [1.29, 1.82) is 0 Å². The fraction of sp³-hybridized carbons (Fsp3) is 0.800. The summed E-state index contributed by atoms with van der Waals surface area (Å²) in [4.78, 5) is 17.5. The van der Waals surface area contributed by atoms with Crippen LogP contribution in [0.5, 0.6) is 0 Å². The van der Waals surface area contributed by atoms with E-state index in [1.54, 1.807) is 0 Å². The Labute approximate surface area is 155 Å². The number of amides is 1. The number of H-pyrrole nitrogens is 1. The number of hydrogen-bond acceptors (Lipinski definition) is 4. The van der Waals surface area contributed by atoms with Gasteiger partial charge in [0.1, 0.15) is 0 Å². The Hall–Kier alpha value is -1.40. The monoisotopic (exact) mass is 360 g/mol. The molecular weight excluding hydrogens is 328 g/mol. The SMILES string of the molecule is Cc1cc(C[C@@H]2CN(C(=O)C3CCN(C4CCCC4)CC3)C[C@H]2O)n[nH]1. The van der Waals surface area contributed by atoms with Crippen LogP contribution in [0.15, 0.2) is 6.07 Å². The normalized spacial score (nSPS) is 28.9. The molecule has 2 atom stereocenters. The molecule has 0 bridgehead atoms. The maximum Gasteiger partial charge on any atom is 0.225 e. The van der Waals surface area contributed by atoms with Crippen molar-refractivity contribution in [3.63, 3.8) is 0 Å². The zero-order valence-corrected chi connectivity index (χ0v) is 15.9. The highest BCUT2D eigenvalue weighted by atomic mass is 16.3. The second-order valence-corrected chi connectivity index (χ2v) is 8.57. The summed E-state index contributed by atoms with van der Waals surface area (Å²) < 4.78 is 0. The third-order valence-corrected chi connectivity index (χ3v) is 6.67. The fourth-order valence-electron chi connectivity index (χ4n) is 5.12. The van der Waals surface area contributed by atoms with E-state index in [9.17, 15) is 9.90 Å². The molecule has 0 spiro atoms. The Bertz CT molecular complexity index is 617. The van der Waals surface area contributed by atoms with E-state index >= 15 is 0 Å². The highest BCUT2D eigenvalue weighted by Crippen LogP contribution is 2.30. The van der Waals surface area contributed by atoms with E-state index in [2.05, 4.69) is 15.1 Å². The maximum absolute atomic E-state index is 13.0. The Morgan fingerprint density at radius 3 is 2.62 bits per heavy atom. The third-order valence-electron chi connectivity index (χ3n) is 6.67. The summed E-state index contributed by atoms with van der Waals surface area (Å²) in [7, 11) is 0. The summed E-state index contributed by atoms with van der Waals surface area (Å²) in [5, 5.41) is 17.6. The Kier molecular flexibility index (Phi) is 5.32. The number of likely N-dealkylation sites (tertiary alicyclic amines) is 2. The van der Waals surface area contributed by atoms with Gasteiger partial charge in [0.05, 0.1) is 11.8 Å². The maximum atomic E-state index is 13.0. The topological polar surface area (TPSA) is 72.5 Å². The van der Waals surface area contributed by atoms with Gasteiger partial charge in [0.25, 0.3) is 0 Å². The van der Waals surface area contributed by atoms with Gasteiger partial charge in [-0.3, -0.25) is 9.89 Å². The Balaban J connectivity index is 1.28. The smallest absolute Gasteiger partial charge is 0.225 e. The van der Waals surface area contributed by atoms with Gasteiger partial charge < -0.3 is 14.9 Å². The number of aromatic nitrogens is 2. The summed E-state index contributed by atoms with van der Waals surface area (Å²) >= 11 is 0. The van der Waals surface area contributed by atoms with Crippen LogP contribution in [-0.2, 0) is 11.2 Å². The molecule has 6 nitrogen and oxygen atoms in total. The lowest BCUT2D eigenvalue weighted by Crippen LogP contribution is -2.45. The summed E-state index contributed by atoms with van der Waals surface area (Å²) in [5.41, 5.74) is 2.01. The van der Waals surface area contributed by atoms with Gasteiger partial charge in [0.15, 0.2) is 0 Å². The molecule has 1 amide bonds. The van der Waals surface area contributed by atoms with Gasteiger partial charge in [0.2, 0.25) is 5.91 Å². The highest BCUT2D eigenvalue weighted by molar-refractivity contribution is 5.79. The first-order valence-corrected chi connectivity index (χ1v) is 10.3. The minimum atomic E-state index is -0.436. The van der Waals surface area contributed by atoms with Crippen molar-refractivity contribution in [3.8, 4) is 0 Å². The number of piperidine rings is 1. The molecule has 3 heterocycles. The summed E-state index contributed by atoms with van der Waals surface area (Å²) in [5.74, 6) is 0.502. The van der Waals surface area contributed by atoms with Crippen LogP contribution in [0.25, 0.3) is 0 Å². The van der Waals surface area contributed by atoms with Crippen LogP contribution < -0.4 is 0 Å². The number of β-amino-alcohol motifs (C(OH)–C–C–N with tert-alkyl or cyclic N) is 1. The van der Waals surface area contributed by atoms with Gasteiger partial charge >= 0.3 is 0 Å². The van der Waals surface area contributed by atoms with E-state index in [1.165, 1.54) is 25.7 Å². The van der Waals surface area contributed by atoms with Gasteiger partial charge in [-0.2, -0.15) is 5.10 Å². The average Bonchev–Trinajstić information content (AvgIpc) is 3.38. The second-order valence-electron chi connectivity index (χ2n) is 8.57. The highest BCUT2D eigenvalue weighted by Gasteiger charge is 2.38. The van der Waals surface area contributed by atoms with Crippen molar-refractivity contribution in [2.45, 2.75) is 64.0 Å². The lowest BCUT2D eigenvalue weighted by Gasteiger charge is -2.36. The summed E-state index contributed by atoms with van der Waals surface area (Å²) in [6, 6.07) is 2.79. The largest absolute Gasteiger partial charge is 0.391 e. The Morgan fingerprint density at radius 1 is 1.23 bits per heavy atom. The van der Waals surface area contributed by atoms with E-state index in [1.807, 2.05) is 17.9 Å². The molecule has 1 aromatic heterocycles. The predicted octanol–water partition coefficient (Wildman–Crippen LogP) is 1.73. The molecule has 3 fully saturated rings. The van der Waals surface area contributed by atoms with Crippen LogP contribution in [0.4, 0.5) is 0 Å². The van der Waals surface area contributed by atoms with Gasteiger partial charge in [-0.05, 0) is 58.2 Å². The number of nitrogens with one attached hydrogen (secondary N) is 1. The van der Waals surface area contributed by atoms with Crippen molar-refractivity contribution < 1.29 is 9.90 Å². The molecule has 6 heteroatoms. The van der Waals surface area contributed by atoms with E-state index in [4.69, 9.17) is 0 Å². The zero-order chi connectivity index (χ0) is 18.1. The first-order valence-electron chi connectivity index (χ1n) is 10.3. The molecule has 1 saturated carbocycles. The second kappa shape index (κ2) is 7.69. The molecule has 3 aliphatic rings. The lowest BCUT2D eigenvalue weighted by atomic mass is 9.94. The number of carbonyl (C=O) groups excluding carboxylic acids is 1. The van der Waals surface area contributed by atoms with Crippen LogP contribution in [0.2, 0.25) is 0 Å². The van der Waals surface area contributed by atoms with Crippen LogP contribution >= 0.6 is 0 Å². The number of hydrogen-bond donors (Lipinski definition) is 2. The number of nitrogens with zero attached hydrogens (tertiary/aromatic N) is 3. The van der Waals surface area contributed by atoms with Crippen LogP contribution in [0, 0.1) is 18.8 Å². The summed E-state index contributed by atoms with van der Waals surface area (Å²) in [6.45, 7) is 5.25. The van der Waals surface area contributed by atoms with Crippen molar-refractivity contribution >= 4 is 5.91 Å². The molecule has 2 saturated heterocycles. The molecule has 4 rings (SSSR count). The van der Waals surface area contributed by atoms with Crippen molar-refractivity contribution in [3.05, 3.63) is 17.5 Å². The van der Waals surface area contributed by atoms with Crippen molar-refractivity contribution in [2.24, 2.45) is 11.8 Å². The number of aromatic amines is 1. The fourth-order valence-corrected chi connectivity index (χ4v) is 5.12. The van der Waals surface area contributed by atoms with Crippen molar-refractivity contribution in [1.82, 2.24) is 20.0 Å². The first kappa shape index (κ1) is 18.0. The van der Waals surface area contributed by atoms with Crippen LogP contribution in [-0.4, -0.2) is 69.3 Å². The molecule has 0 aromatic carbocycles. The quantitative estimate of drug-likeness (QED) is 0.858. The number of rotatable bonds is 4. The molecule has 26 heavy (non-hydrogen) atoms. The molecule has 144 valence electrons. The van der Waals surface area contributed by atoms with Gasteiger partial charge in [-0.15, -0.1) is 0 Å². The number of carbonyl (C=O) groups is 1. The predicted molar refractivity (Wildman–Crippen MR) is 99.7 cm³/mol. The molecule has 0 radical (unpaired) electrons. The molecule has 1 aliphatic carbocycles. The van der Waals surface area contributed by atoms with Gasteiger partial charge in [0, 0.05) is 36.7 Å². The molecule has 2 aliphatic heterocycles. The van der Waals surface area contributed by atoms with Gasteiger partial charge in [-0.25, -0.2) is 0 Å². The molecular formula is C20H32N4O2. The van der Waals surface area contributed by atoms with Crippen molar-refractivity contribution in [2.75, 3.05) is 26.2 Å². The zero-order valence-electron chi connectivity index (χ0n) is 15.9. The van der Waals surface area contributed by atoms with E-state index in [-0.39, 0.29) is 17.7 Å². The van der Waals surface area contributed by atoms with Gasteiger partial charge in [-0.1, -0.05) is 12.8 Å².